The van der Waals surface area contributed by atoms with E-state index in [1.54, 1.807) is 11.3 Å². The lowest BCUT2D eigenvalue weighted by molar-refractivity contribution is -0.134. The van der Waals surface area contributed by atoms with Crippen LogP contribution in [0.3, 0.4) is 0 Å². The van der Waals surface area contributed by atoms with E-state index >= 15 is 0 Å². The number of carbonyl (C=O) groups is 1. The summed E-state index contributed by atoms with van der Waals surface area (Å²) in [6.45, 7) is 5.39. The van der Waals surface area contributed by atoms with Crippen LogP contribution in [-0.2, 0) is 30.7 Å². The highest BCUT2D eigenvalue weighted by molar-refractivity contribution is 7.10. The van der Waals surface area contributed by atoms with Crippen molar-refractivity contribution in [2.45, 2.75) is 45.3 Å². The Kier molecular flexibility index (Phi) is 4.37. The van der Waals surface area contributed by atoms with Crippen molar-refractivity contribution in [3.8, 4) is 0 Å². The molecule has 4 rings (SSSR count). The third-order valence-corrected chi connectivity index (χ3v) is 6.15. The molecule has 0 aromatic carbocycles. The van der Waals surface area contributed by atoms with Crippen LogP contribution in [0.25, 0.3) is 0 Å². The number of hydrogen-bond donors (Lipinski definition) is 1. The molecule has 0 radical (unpaired) electrons. The number of nitrogens with one attached hydrogen (secondary N) is 1. The van der Waals surface area contributed by atoms with Crippen LogP contribution in [-0.4, -0.2) is 44.7 Å². The van der Waals surface area contributed by atoms with Gasteiger partial charge in [-0.15, -0.1) is 21.5 Å². The third kappa shape index (κ3) is 3.10. The molecule has 1 N–H and O–H groups in total. The summed E-state index contributed by atoms with van der Waals surface area (Å²) in [5, 5.41) is 13.7. The van der Waals surface area contributed by atoms with Gasteiger partial charge in [-0.25, -0.2) is 0 Å². The molecule has 0 spiro atoms. The predicted molar refractivity (Wildman–Crippen MR) is 92.7 cm³/mol. The molecule has 2 aromatic heterocycles. The van der Waals surface area contributed by atoms with E-state index in [9.17, 15) is 4.79 Å². The predicted octanol–water partition coefficient (Wildman–Crippen LogP) is 1.46. The summed E-state index contributed by atoms with van der Waals surface area (Å²) in [5.41, 5.74) is 1.32. The van der Waals surface area contributed by atoms with E-state index in [1.807, 2.05) is 18.2 Å². The number of hydrogen-bond acceptors (Lipinski definition) is 5. The molecule has 0 unspecified atom stereocenters. The minimum Gasteiger partial charge on any atom is -0.337 e. The summed E-state index contributed by atoms with van der Waals surface area (Å²) < 4.78 is 2.13. The number of thiophene rings is 1. The first-order chi connectivity index (χ1) is 11.7. The quantitative estimate of drug-likeness (QED) is 0.911. The molecule has 2 aliphatic heterocycles. The van der Waals surface area contributed by atoms with Crippen LogP contribution in [0.5, 0.6) is 0 Å². The van der Waals surface area contributed by atoms with E-state index in [1.165, 1.54) is 10.4 Å². The summed E-state index contributed by atoms with van der Waals surface area (Å²) in [4.78, 5) is 16.1. The molecule has 0 bridgehead atoms. The topological polar surface area (TPSA) is 63.1 Å². The van der Waals surface area contributed by atoms with Gasteiger partial charge < -0.3 is 14.8 Å². The van der Waals surface area contributed by atoms with E-state index < -0.39 is 0 Å². The highest BCUT2D eigenvalue weighted by Gasteiger charge is 2.26. The van der Waals surface area contributed by atoms with Gasteiger partial charge in [0.25, 0.3) is 0 Å². The Morgan fingerprint density at radius 3 is 3.33 bits per heavy atom. The molecule has 24 heavy (non-hydrogen) atoms. The Balaban J connectivity index is 1.29. The first kappa shape index (κ1) is 15.8. The molecule has 0 fully saturated rings. The number of nitrogens with zero attached hydrogens (tertiary/aromatic N) is 4. The van der Waals surface area contributed by atoms with Gasteiger partial charge in [0, 0.05) is 37.5 Å². The smallest absolute Gasteiger partial charge is 0.239 e. The molecule has 0 saturated carbocycles. The van der Waals surface area contributed by atoms with Crippen molar-refractivity contribution < 1.29 is 4.79 Å². The van der Waals surface area contributed by atoms with Gasteiger partial charge in [-0.05, 0) is 42.7 Å². The van der Waals surface area contributed by atoms with Crippen molar-refractivity contribution in [3.05, 3.63) is 34.0 Å². The van der Waals surface area contributed by atoms with E-state index in [-0.39, 0.29) is 11.9 Å². The van der Waals surface area contributed by atoms with E-state index in [0.717, 1.165) is 51.3 Å². The molecular weight excluding hydrogens is 322 g/mol. The Labute approximate surface area is 145 Å². The zero-order chi connectivity index (χ0) is 16.5. The van der Waals surface area contributed by atoms with Crippen LogP contribution < -0.4 is 5.32 Å². The second kappa shape index (κ2) is 6.64. The fraction of sp³-hybridized carbons (Fsp3) is 0.588. The zero-order valence-electron chi connectivity index (χ0n) is 13.9. The highest BCUT2D eigenvalue weighted by Crippen LogP contribution is 2.24. The molecule has 0 aliphatic carbocycles. The lowest BCUT2D eigenvalue weighted by atomic mass is 9.99. The molecule has 1 amide bonds. The van der Waals surface area contributed by atoms with Gasteiger partial charge in [-0.2, -0.15) is 0 Å². The summed E-state index contributed by atoms with van der Waals surface area (Å²) in [5.74, 6) is 1.83. The lowest BCUT2D eigenvalue weighted by Gasteiger charge is -2.31. The Bertz CT molecular complexity index is 724. The van der Waals surface area contributed by atoms with Gasteiger partial charge >= 0.3 is 0 Å². The van der Waals surface area contributed by atoms with Crippen LogP contribution in [0.2, 0.25) is 0 Å². The summed E-state index contributed by atoms with van der Waals surface area (Å²) in [6, 6.07) is 2.02. The summed E-state index contributed by atoms with van der Waals surface area (Å²) in [6.07, 6.45) is 4.88. The molecule has 128 valence electrons. The minimum atomic E-state index is -0.132. The van der Waals surface area contributed by atoms with Crippen LogP contribution in [0.1, 0.15) is 29.6 Å². The van der Waals surface area contributed by atoms with Gasteiger partial charge in [0.2, 0.25) is 5.91 Å². The number of fused-ring (bicyclic) bond motifs is 2. The van der Waals surface area contributed by atoms with Crippen LogP contribution in [0.4, 0.5) is 0 Å². The number of carbonyl (C=O) groups excluding carboxylic acids is 1. The Hall–Kier alpha value is -1.73. The molecule has 4 heterocycles. The number of rotatable bonds is 4. The maximum absolute atomic E-state index is 12.7. The summed E-state index contributed by atoms with van der Waals surface area (Å²) >= 11 is 1.81. The molecular formula is C17H23N5OS. The fourth-order valence-electron chi connectivity index (χ4n) is 3.64. The van der Waals surface area contributed by atoms with Crippen LogP contribution >= 0.6 is 11.3 Å². The molecule has 2 aromatic rings. The number of amides is 1. The van der Waals surface area contributed by atoms with Gasteiger partial charge in [0.15, 0.2) is 0 Å². The number of aryl methyl sites for hydroxylation is 1. The van der Waals surface area contributed by atoms with Crippen LogP contribution in [0.15, 0.2) is 17.8 Å². The second-order valence-corrected chi connectivity index (χ2v) is 7.81. The normalized spacial score (nSPS) is 21.2. The molecule has 0 saturated heterocycles. The number of aromatic nitrogens is 3. The summed E-state index contributed by atoms with van der Waals surface area (Å²) in [7, 11) is 0. The maximum atomic E-state index is 12.7. The minimum absolute atomic E-state index is 0.132. The van der Waals surface area contributed by atoms with Gasteiger partial charge in [-0.1, -0.05) is 0 Å². The molecule has 6 nitrogen and oxygen atoms in total. The molecule has 2 atom stereocenters. The zero-order valence-corrected chi connectivity index (χ0v) is 14.8. The monoisotopic (exact) mass is 345 g/mol. The fourth-order valence-corrected chi connectivity index (χ4v) is 4.53. The second-order valence-electron chi connectivity index (χ2n) is 6.81. The van der Waals surface area contributed by atoms with Crippen molar-refractivity contribution >= 4 is 17.2 Å². The van der Waals surface area contributed by atoms with Crippen molar-refractivity contribution in [3.63, 3.8) is 0 Å². The van der Waals surface area contributed by atoms with Crippen molar-refractivity contribution in [1.29, 1.82) is 0 Å². The van der Waals surface area contributed by atoms with Crippen LogP contribution in [0, 0.1) is 5.92 Å². The van der Waals surface area contributed by atoms with Gasteiger partial charge in [-0.3, -0.25) is 4.79 Å². The van der Waals surface area contributed by atoms with E-state index in [4.69, 9.17) is 0 Å². The largest absolute Gasteiger partial charge is 0.337 e. The standard InChI is InChI=1S/C17H23N5OS/c1-12(17(23)21-6-4-15-14(10-21)5-7-24-15)18-8-13-2-3-16-20-19-11-22(16)9-13/h5,7,11-13,18H,2-4,6,8-10H2,1H3/t12-,13+/m0/s1. The first-order valence-electron chi connectivity index (χ1n) is 8.65. The maximum Gasteiger partial charge on any atom is 0.239 e. The Morgan fingerprint density at radius 1 is 1.50 bits per heavy atom. The van der Waals surface area contributed by atoms with Gasteiger partial charge in [0.05, 0.1) is 6.04 Å². The van der Waals surface area contributed by atoms with E-state index in [0.29, 0.717) is 5.92 Å². The van der Waals surface area contributed by atoms with E-state index in [2.05, 4.69) is 31.5 Å². The third-order valence-electron chi connectivity index (χ3n) is 5.13. The molecule has 2 aliphatic rings. The lowest BCUT2D eigenvalue weighted by Crippen LogP contribution is -2.48. The average Bonchev–Trinajstić information content (AvgIpc) is 3.26. The first-order valence-corrected chi connectivity index (χ1v) is 9.53. The van der Waals surface area contributed by atoms with Gasteiger partial charge in [0.1, 0.15) is 12.2 Å². The SMILES string of the molecule is C[C@H](NC[C@H]1CCc2nncn2C1)C(=O)N1CCc2sccc2C1. The highest BCUT2D eigenvalue weighted by atomic mass is 32.1. The average molecular weight is 345 g/mol. The molecule has 7 heteroatoms. The van der Waals surface area contributed by atoms with Crippen molar-refractivity contribution in [1.82, 2.24) is 25.0 Å². The van der Waals surface area contributed by atoms with Crippen molar-refractivity contribution in [2.24, 2.45) is 5.92 Å². The van der Waals surface area contributed by atoms with Crippen molar-refractivity contribution in [2.75, 3.05) is 13.1 Å². The Morgan fingerprint density at radius 2 is 2.42 bits per heavy atom.